The van der Waals surface area contributed by atoms with E-state index < -0.39 is 0 Å². The number of hydrogen-bond donors (Lipinski definition) is 1. The van der Waals surface area contributed by atoms with Crippen LogP contribution < -0.4 is 0 Å². The molecule has 4 aromatic heterocycles. The van der Waals surface area contributed by atoms with Crippen LogP contribution in [0.1, 0.15) is 79.0 Å². The Morgan fingerprint density at radius 3 is 1.92 bits per heavy atom. The van der Waals surface area contributed by atoms with E-state index in [0.717, 1.165) is 77.5 Å². The molecule has 0 spiro atoms. The molecule has 1 N–H and O–H groups in total. The van der Waals surface area contributed by atoms with Crippen molar-refractivity contribution in [3.63, 3.8) is 0 Å². The Bertz CT molecular complexity index is 3350. The molecule has 0 fully saturated rings. The second-order valence-electron chi connectivity index (χ2n) is 19.6. The fourth-order valence-electron chi connectivity index (χ4n) is 8.67. The molecule has 0 unspecified atom stereocenters. The Kier molecular flexibility index (Phi) is 10.2. The Balaban J connectivity index is 0.00000504. The van der Waals surface area contributed by atoms with Crippen LogP contribution in [0, 0.1) is 6.07 Å². The van der Waals surface area contributed by atoms with E-state index in [1.165, 1.54) is 5.56 Å². The van der Waals surface area contributed by atoms with Gasteiger partial charge in [0.05, 0.1) is 27.9 Å². The Morgan fingerprint density at radius 2 is 1.24 bits per heavy atom. The number of fused-ring (bicyclic) bond motifs is 7. The van der Waals surface area contributed by atoms with Gasteiger partial charge in [0.2, 0.25) is 0 Å². The van der Waals surface area contributed by atoms with Gasteiger partial charge in [0.15, 0.2) is 0 Å². The molecule has 0 saturated carbocycles. The topological polar surface area (TPSA) is 77.2 Å². The number of hydrogen-bond acceptors (Lipinski definition) is 5. The smallest absolute Gasteiger partial charge is 0.254 e. The van der Waals surface area contributed by atoms with Crippen molar-refractivity contribution in [1.82, 2.24) is 14.5 Å². The fraction of sp³-hybridized carbons (Fsp3) is 0.214. The van der Waals surface area contributed by atoms with E-state index in [9.17, 15) is 5.11 Å². The summed E-state index contributed by atoms with van der Waals surface area (Å²) in [6.07, 6.45) is 1.85. The molecule has 10 rings (SSSR count). The first-order valence-electron chi connectivity index (χ1n) is 21.4. The Labute approximate surface area is 382 Å². The maximum absolute atomic E-state index is 12.5. The van der Waals surface area contributed by atoms with Crippen LogP contribution in [0.5, 0.6) is 5.75 Å². The van der Waals surface area contributed by atoms with Crippen LogP contribution in [0.15, 0.2) is 142 Å². The van der Waals surface area contributed by atoms with Crippen LogP contribution in [-0.2, 0) is 37.3 Å². The number of imidazole rings is 1. The van der Waals surface area contributed by atoms with Gasteiger partial charge in [0.1, 0.15) is 17.2 Å². The molecule has 318 valence electrons. The van der Waals surface area contributed by atoms with E-state index in [-0.39, 0.29) is 43.1 Å². The number of furan rings is 2. The monoisotopic (exact) mass is 1010 g/mol. The number of rotatable bonds is 5. The van der Waals surface area contributed by atoms with Gasteiger partial charge >= 0.3 is 0 Å². The van der Waals surface area contributed by atoms with Gasteiger partial charge in [0, 0.05) is 54.9 Å². The minimum atomic E-state index is -0.344. The third-order valence-electron chi connectivity index (χ3n) is 12.2. The molecule has 0 aliphatic carbocycles. The van der Waals surface area contributed by atoms with Gasteiger partial charge in [-0.1, -0.05) is 158 Å². The minimum absolute atomic E-state index is 0. The molecule has 7 heteroatoms. The molecule has 0 aliphatic rings. The fourth-order valence-corrected chi connectivity index (χ4v) is 8.67. The zero-order chi connectivity index (χ0) is 43.3. The molecule has 6 nitrogen and oxygen atoms in total. The number of aromatic hydroxyl groups is 1. The zero-order valence-electron chi connectivity index (χ0n) is 37.1. The summed E-state index contributed by atoms with van der Waals surface area (Å²) >= 11 is 0. The molecule has 0 radical (unpaired) electrons. The third-order valence-corrected chi connectivity index (χ3v) is 12.2. The normalized spacial score (nSPS) is 12.5. The largest absolute Gasteiger partial charge is 0.507 e. The summed E-state index contributed by atoms with van der Waals surface area (Å²) in [6, 6.07) is 47.7. The van der Waals surface area contributed by atoms with Crippen molar-refractivity contribution >= 4 is 44.1 Å². The summed E-state index contributed by atoms with van der Waals surface area (Å²) in [4.78, 5) is 10.4. The van der Waals surface area contributed by atoms with Gasteiger partial charge < -0.3 is 13.9 Å². The number of phenols is 1. The van der Waals surface area contributed by atoms with Crippen LogP contribution in [0.2, 0.25) is 0 Å². The number of benzene rings is 6. The van der Waals surface area contributed by atoms with Gasteiger partial charge in [-0.3, -0.25) is 9.55 Å². The van der Waals surface area contributed by atoms with Crippen molar-refractivity contribution in [3.8, 4) is 56.3 Å². The average molecular weight is 1010 g/mol. The second kappa shape index (κ2) is 15.2. The molecule has 10 aromatic rings. The van der Waals surface area contributed by atoms with Crippen molar-refractivity contribution in [2.24, 2.45) is 0 Å². The SMILES string of the molecule is CC(C)(C)c1ccc(-n2c(-c3cc(C(C)(C)C)cc(C(C)(C)C)c3O)nc3c4c(ccc32)oc2oc3ccc(-c5cc(-c6ccccc6)ccn5)[c-]c3c24)c(-c2ccccc2)c1.[Pt]. The summed E-state index contributed by atoms with van der Waals surface area (Å²) in [5, 5.41) is 14.9. The summed E-state index contributed by atoms with van der Waals surface area (Å²) in [5.41, 5.74) is 13.1. The van der Waals surface area contributed by atoms with Gasteiger partial charge in [-0.15, -0.1) is 12.1 Å². The third kappa shape index (κ3) is 7.28. The average Bonchev–Trinajstić information content (AvgIpc) is 3.92. The van der Waals surface area contributed by atoms with E-state index in [4.69, 9.17) is 18.8 Å². The molecule has 0 saturated heterocycles. The molecule has 6 aromatic carbocycles. The van der Waals surface area contributed by atoms with E-state index in [2.05, 4.69) is 152 Å². The molecule has 0 amide bonds. The van der Waals surface area contributed by atoms with Gasteiger partial charge in [-0.2, -0.15) is 0 Å². The summed E-state index contributed by atoms with van der Waals surface area (Å²) in [6.45, 7) is 19.8. The summed E-state index contributed by atoms with van der Waals surface area (Å²) in [5.74, 6) is 1.27. The van der Waals surface area contributed by atoms with Crippen molar-refractivity contribution in [2.45, 2.75) is 78.6 Å². The zero-order valence-corrected chi connectivity index (χ0v) is 39.4. The van der Waals surface area contributed by atoms with Crippen molar-refractivity contribution in [3.05, 3.63) is 156 Å². The second-order valence-corrected chi connectivity index (χ2v) is 19.6. The first-order valence-corrected chi connectivity index (χ1v) is 21.4. The summed E-state index contributed by atoms with van der Waals surface area (Å²) in [7, 11) is 0. The van der Waals surface area contributed by atoms with Crippen LogP contribution >= 0.6 is 0 Å². The number of phenolic OH excluding ortho intramolecular Hbond substituents is 1. The molecule has 4 heterocycles. The van der Waals surface area contributed by atoms with Crippen LogP contribution in [0.25, 0.3) is 94.7 Å². The van der Waals surface area contributed by atoms with Crippen LogP contribution in [0.3, 0.4) is 0 Å². The van der Waals surface area contributed by atoms with Crippen LogP contribution in [-0.4, -0.2) is 19.6 Å². The van der Waals surface area contributed by atoms with E-state index in [1.807, 2.05) is 54.7 Å². The van der Waals surface area contributed by atoms with Gasteiger partial charge in [-0.05, 0) is 80.5 Å². The number of aromatic nitrogens is 3. The predicted octanol–water partition coefficient (Wildman–Crippen LogP) is 15.1. The maximum Gasteiger partial charge on any atom is 0.254 e. The van der Waals surface area contributed by atoms with E-state index >= 15 is 0 Å². The molecule has 0 aliphatic heterocycles. The molecule has 0 bridgehead atoms. The molecular formula is C56H50N3O3Pt-. The van der Waals surface area contributed by atoms with Crippen LogP contribution in [0.4, 0.5) is 0 Å². The Morgan fingerprint density at radius 1 is 0.587 bits per heavy atom. The van der Waals surface area contributed by atoms with E-state index in [0.29, 0.717) is 28.3 Å². The standard InChI is InChI=1S/C56H50N3O3.Pt/c1-54(2,3)37-21-22-44(39(30-37)34-18-14-11-15-19-34)59-45-23-25-47-49(50(45)58-52(59)41-31-38(55(4,5)6)32-42(51(41)60)56(7,8)9)48-40-28-36(20-24-46(40)61-53(48)62-47)43-29-35(26-27-57-43)33-16-12-10-13-17-33;/h10-27,29-32,60H,1-9H3;/q-1;. The van der Waals surface area contributed by atoms with Gasteiger partial charge in [-0.25, -0.2) is 4.98 Å². The van der Waals surface area contributed by atoms with Crippen molar-refractivity contribution in [1.29, 1.82) is 0 Å². The minimum Gasteiger partial charge on any atom is -0.507 e. The molecule has 63 heavy (non-hydrogen) atoms. The van der Waals surface area contributed by atoms with E-state index in [1.54, 1.807) is 0 Å². The summed E-state index contributed by atoms with van der Waals surface area (Å²) < 4.78 is 15.2. The Hall–Kier alpha value is -6.23. The molecule has 0 atom stereocenters. The van der Waals surface area contributed by atoms with Crippen molar-refractivity contribution in [2.75, 3.05) is 0 Å². The first-order chi connectivity index (χ1) is 29.5. The molecular weight excluding hydrogens is 958 g/mol. The predicted molar refractivity (Wildman–Crippen MR) is 254 cm³/mol. The van der Waals surface area contributed by atoms with Gasteiger partial charge in [0.25, 0.3) is 5.78 Å². The van der Waals surface area contributed by atoms with Crippen molar-refractivity contribution < 1.29 is 35.0 Å². The number of pyridine rings is 1. The number of nitrogens with zero attached hydrogens (tertiary/aromatic N) is 3. The quantitative estimate of drug-likeness (QED) is 0.174. The maximum atomic E-state index is 12.5. The first kappa shape index (κ1) is 42.1.